The SMILES string of the molecule is CC(C)COC(=O)n1c(=O)cc[nH]c1=O. The summed E-state index contributed by atoms with van der Waals surface area (Å²) in [4.78, 5) is 35.8. The molecule has 0 aliphatic rings. The fourth-order valence-corrected chi connectivity index (χ4v) is 0.899. The molecular formula is C9H12N2O4. The highest BCUT2D eigenvalue weighted by atomic mass is 16.6. The van der Waals surface area contributed by atoms with Crippen LogP contribution in [-0.2, 0) is 4.74 Å². The van der Waals surface area contributed by atoms with Crippen molar-refractivity contribution in [3.63, 3.8) is 0 Å². The normalized spacial score (nSPS) is 10.3. The van der Waals surface area contributed by atoms with Crippen LogP contribution in [0, 0.1) is 5.92 Å². The molecule has 6 heteroatoms. The van der Waals surface area contributed by atoms with E-state index in [-0.39, 0.29) is 12.5 Å². The molecule has 1 aromatic rings. The first kappa shape index (κ1) is 11.2. The van der Waals surface area contributed by atoms with Gasteiger partial charge in [0.2, 0.25) is 0 Å². The fraction of sp³-hybridized carbons (Fsp3) is 0.444. The van der Waals surface area contributed by atoms with Crippen LogP contribution in [0.2, 0.25) is 0 Å². The quantitative estimate of drug-likeness (QED) is 0.758. The van der Waals surface area contributed by atoms with Gasteiger partial charge in [-0.1, -0.05) is 13.8 Å². The number of aromatic nitrogens is 2. The van der Waals surface area contributed by atoms with Gasteiger partial charge in [0.05, 0.1) is 6.61 Å². The Balaban J connectivity index is 2.92. The number of hydrogen-bond acceptors (Lipinski definition) is 4. The van der Waals surface area contributed by atoms with E-state index in [0.29, 0.717) is 4.57 Å². The smallest absolute Gasteiger partial charge is 0.425 e. The highest BCUT2D eigenvalue weighted by Crippen LogP contribution is 1.93. The van der Waals surface area contributed by atoms with Crippen molar-refractivity contribution in [2.75, 3.05) is 6.61 Å². The van der Waals surface area contributed by atoms with Crippen molar-refractivity contribution in [1.29, 1.82) is 0 Å². The van der Waals surface area contributed by atoms with E-state index < -0.39 is 17.3 Å². The molecule has 0 aliphatic heterocycles. The summed E-state index contributed by atoms with van der Waals surface area (Å²) in [5, 5.41) is 0. The second-order valence-corrected chi connectivity index (χ2v) is 3.43. The summed E-state index contributed by atoms with van der Waals surface area (Å²) in [7, 11) is 0. The van der Waals surface area contributed by atoms with Crippen LogP contribution in [0.15, 0.2) is 21.9 Å². The minimum atomic E-state index is -0.949. The topological polar surface area (TPSA) is 81.2 Å². The van der Waals surface area contributed by atoms with Crippen molar-refractivity contribution in [2.45, 2.75) is 13.8 Å². The Bertz CT molecular complexity index is 429. The van der Waals surface area contributed by atoms with E-state index in [2.05, 4.69) is 4.98 Å². The molecule has 0 aromatic carbocycles. The van der Waals surface area contributed by atoms with Crippen molar-refractivity contribution in [3.05, 3.63) is 33.1 Å². The molecular weight excluding hydrogens is 200 g/mol. The van der Waals surface area contributed by atoms with Gasteiger partial charge in [0.1, 0.15) is 0 Å². The third-order valence-corrected chi connectivity index (χ3v) is 1.58. The molecule has 0 bridgehead atoms. The van der Waals surface area contributed by atoms with Gasteiger partial charge in [0.15, 0.2) is 0 Å². The third-order valence-electron chi connectivity index (χ3n) is 1.58. The average Bonchev–Trinajstić information content (AvgIpc) is 2.14. The largest absolute Gasteiger partial charge is 0.448 e. The van der Waals surface area contributed by atoms with Crippen molar-refractivity contribution in [3.8, 4) is 0 Å². The van der Waals surface area contributed by atoms with E-state index in [0.717, 1.165) is 6.07 Å². The molecule has 0 saturated heterocycles. The van der Waals surface area contributed by atoms with Crippen LogP contribution in [0.3, 0.4) is 0 Å². The van der Waals surface area contributed by atoms with Crippen molar-refractivity contribution in [1.82, 2.24) is 9.55 Å². The Morgan fingerprint density at radius 3 is 2.73 bits per heavy atom. The Hall–Kier alpha value is -1.85. The number of nitrogens with one attached hydrogen (secondary N) is 1. The van der Waals surface area contributed by atoms with E-state index in [1.165, 1.54) is 6.20 Å². The van der Waals surface area contributed by atoms with Crippen LogP contribution in [0.4, 0.5) is 4.79 Å². The molecule has 1 aromatic heterocycles. The zero-order chi connectivity index (χ0) is 11.4. The first-order valence-electron chi connectivity index (χ1n) is 4.50. The van der Waals surface area contributed by atoms with Crippen molar-refractivity contribution in [2.24, 2.45) is 5.92 Å². The summed E-state index contributed by atoms with van der Waals surface area (Å²) in [6, 6.07) is 1.08. The van der Waals surface area contributed by atoms with Gasteiger partial charge in [-0.25, -0.2) is 9.59 Å². The molecule has 0 fully saturated rings. The first-order chi connectivity index (χ1) is 7.02. The van der Waals surface area contributed by atoms with E-state index >= 15 is 0 Å². The maximum absolute atomic E-state index is 11.3. The summed E-state index contributed by atoms with van der Waals surface area (Å²) in [6.07, 6.45) is 0.229. The molecule has 1 heterocycles. The van der Waals surface area contributed by atoms with Gasteiger partial charge in [-0.2, -0.15) is 4.57 Å². The molecule has 1 N–H and O–H groups in total. The average molecular weight is 212 g/mol. The maximum Gasteiger partial charge on any atom is 0.425 e. The second-order valence-electron chi connectivity index (χ2n) is 3.43. The molecule has 0 unspecified atom stereocenters. The molecule has 0 spiro atoms. The number of H-pyrrole nitrogens is 1. The molecule has 6 nitrogen and oxygen atoms in total. The van der Waals surface area contributed by atoms with E-state index in [4.69, 9.17) is 4.74 Å². The Kier molecular flexibility index (Phi) is 3.43. The van der Waals surface area contributed by atoms with Crippen molar-refractivity contribution < 1.29 is 9.53 Å². The van der Waals surface area contributed by atoms with Crippen molar-refractivity contribution >= 4 is 6.09 Å². The zero-order valence-corrected chi connectivity index (χ0v) is 8.52. The van der Waals surface area contributed by atoms with Crippen LogP contribution < -0.4 is 11.2 Å². The molecule has 15 heavy (non-hydrogen) atoms. The number of nitrogens with zero attached hydrogens (tertiary/aromatic N) is 1. The molecule has 82 valence electrons. The zero-order valence-electron chi connectivity index (χ0n) is 8.52. The number of aromatic amines is 1. The molecule has 1 rings (SSSR count). The van der Waals surface area contributed by atoms with Gasteiger partial charge >= 0.3 is 11.8 Å². The molecule has 0 aliphatic carbocycles. The Labute approximate surface area is 85.5 Å². The van der Waals surface area contributed by atoms with Gasteiger partial charge in [0.25, 0.3) is 5.56 Å². The van der Waals surface area contributed by atoms with Gasteiger partial charge in [-0.15, -0.1) is 0 Å². The lowest BCUT2D eigenvalue weighted by atomic mass is 10.2. The molecule has 0 atom stereocenters. The number of carbonyl (C=O) groups excluding carboxylic acids is 1. The fourth-order valence-electron chi connectivity index (χ4n) is 0.899. The standard InChI is InChI=1S/C9H12N2O4/c1-6(2)5-15-9(14)11-7(12)3-4-10-8(11)13/h3-4,6H,5H2,1-2H3,(H,10,13). The predicted octanol–water partition coefficient (Wildman–Crippen LogP) is 0.177. The molecule has 0 saturated carbocycles. The Morgan fingerprint density at radius 2 is 2.20 bits per heavy atom. The van der Waals surface area contributed by atoms with Gasteiger partial charge < -0.3 is 9.72 Å². The molecule has 0 radical (unpaired) electrons. The number of carbonyl (C=O) groups is 1. The monoisotopic (exact) mass is 212 g/mol. The minimum absolute atomic E-state index is 0.146. The van der Waals surface area contributed by atoms with Crippen LogP contribution in [0.25, 0.3) is 0 Å². The van der Waals surface area contributed by atoms with Crippen LogP contribution >= 0.6 is 0 Å². The van der Waals surface area contributed by atoms with Gasteiger partial charge in [-0.05, 0) is 5.92 Å². The third kappa shape index (κ3) is 2.80. The van der Waals surface area contributed by atoms with E-state index in [1.807, 2.05) is 13.8 Å². The summed E-state index contributed by atoms with van der Waals surface area (Å²) < 4.78 is 5.17. The van der Waals surface area contributed by atoms with E-state index in [1.54, 1.807) is 0 Å². The summed E-state index contributed by atoms with van der Waals surface area (Å²) >= 11 is 0. The lowest BCUT2D eigenvalue weighted by Gasteiger charge is -2.06. The second kappa shape index (κ2) is 4.59. The lowest BCUT2D eigenvalue weighted by Crippen LogP contribution is -2.39. The van der Waals surface area contributed by atoms with Gasteiger partial charge in [-0.3, -0.25) is 4.79 Å². The highest BCUT2D eigenvalue weighted by molar-refractivity contribution is 5.69. The molecule has 0 amide bonds. The number of hydrogen-bond donors (Lipinski definition) is 1. The first-order valence-corrected chi connectivity index (χ1v) is 4.50. The summed E-state index contributed by atoms with van der Waals surface area (Å²) in [6.45, 7) is 3.87. The lowest BCUT2D eigenvalue weighted by molar-refractivity contribution is 0.132. The Morgan fingerprint density at radius 1 is 1.53 bits per heavy atom. The van der Waals surface area contributed by atoms with E-state index in [9.17, 15) is 14.4 Å². The van der Waals surface area contributed by atoms with Crippen LogP contribution in [-0.4, -0.2) is 22.3 Å². The maximum atomic E-state index is 11.3. The number of ether oxygens (including phenoxy) is 1. The number of rotatable bonds is 2. The van der Waals surface area contributed by atoms with Gasteiger partial charge in [0, 0.05) is 12.3 Å². The predicted molar refractivity (Wildman–Crippen MR) is 52.9 cm³/mol. The summed E-state index contributed by atoms with van der Waals surface area (Å²) in [5.74, 6) is 0.146. The summed E-state index contributed by atoms with van der Waals surface area (Å²) in [5.41, 5.74) is -1.50. The van der Waals surface area contributed by atoms with Crippen LogP contribution in [0.5, 0.6) is 0 Å². The minimum Gasteiger partial charge on any atom is -0.448 e. The highest BCUT2D eigenvalue weighted by Gasteiger charge is 2.11. The van der Waals surface area contributed by atoms with Crippen LogP contribution in [0.1, 0.15) is 13.8 Å².